The maximum absolute atomic E-state index is 14.6. The molecule has 0 spiro atoms. The molecule has 1 aliphatic rings. The number of rotatable bonds is 5. The maximum atomic E-state index is 14.6. The second kappa shape index (κ2) is 8.26. The van der Waals surface area contributed by atoms with Gasteiger partial charge in [-0.1, -0.05) is 12.1 Å². The summed E-state index contributed by atoms with van der Waals surface area (Å²) in [4.78, 5) is 36.0. The lowest BCUT2D eigenvalue weighted by Gasteiger charge is -2.24. The summed E-state index contributed by atoms with van der Waals surface area (Å²) in [5.41, 5.74) is -1.40. The molecule has 9 heteroatoms. The summed E-state index contributed by atoms with van der Waals surface area (Å²) >= 11 is 0. The first-order valence-corrected chi connectivity index (χ1v) is 7.55. The van der Waals surface area contributed by atoms with Crippen molar-refractivity contribution in [3.63, 3.8) is 0 Å². The van der Waals surface area contributed by atoms with Gasteiger partial charge in [0.05, 0.1) is 31.9 Å². The molecule has 2 rings (SSSR count). The summed E-state index contributed by atoms with van der Waals surface area (Å²) in [5.74, 6) is -5.96. The van der Waals surface area contributed by atoms with Crippen LogP contribution in [0.25, 0.3) is 0 Å². The summed E-state index contributed by atoms with van der Waals surface area (Å²) in [7, 11) is 2.16. The van der Waals surface area contributed by atoms with E-state index < -0.39 is 47.3 Å². The van der Waals surface area contributed by atoms with E-state index in [1.165, 1.54) is 24.4 Å². The number of halogens is 2. The van der Waals surface area contributed by atoms with Crippen LogP contribution in [0.4, 0.5) is 14.5 Å². The third kappa shape index (κ3) is 4.02. The van der Waals surface area contributed by atoms with E-state index in [2.05, 4.69) is 9.47 Å². The molecule has 0 saturated carbocycles. The molecule has 1 aliphatic heterocycles. The minimum absolute atomic E-state index is 0.233. The van der Waals surface area contributed by atoms with Gasteiger partial charge in [-0.05, 0) is 18.2 Å². The van der Waals surface area contributed by atoms with E-state index in [4.69, 9.17) is 5.11 Å². The molecule has 1 aromatic rings. The molecule has 1 aromatic carbocycles. The van der Waals surface area contributed by atoms with E-state index in [1.807, 2.05) is 0 Å². The Hall–Kier alpha value is -3.49. The number of aliphatic carboxylic acids is 1. The van der Waals surface area contributed by atoms with Crippen molar-refractivity contribution in [2.45, 2.75) is 6.42 Å². The molecule has 1 N–H and O–H groups in total. The number of nitrogens with zero attached hydrogens (tertiary/aromatic N) is 1. The third-order valence-corrected chi connectivity index (χ3v) is 3.63. The first-order valence-electron chi connectivity index (χ1n) is 7.55. The van der Waals surface area contributed by atoms with Gasteiger partial charge in [0.2, 0.25) is 0 Å². The van der Waals surface area contributed by atoms with Gasteiger partial charge >= 0.3 is 17.9 Å². The van der Waals surface area contributed by atoms with Crippen molar-refractivity contribution in [2.24, 2.45) is 0 Å². The largest absolute Gasteiger partial charge is 0.481 e. The Balaban J connectivity index is 2.67. The zero-order valence-electron chi connectivity index (χ0n) is 14.4. The SMILES string of the molecule is COC(=O)C1=C(C(=O)OC)N(c2ccc(CC(=O)O)c(F)c2F)C=CC=C1. The van der Waals surface area contributed by atoms with Gasteiger partial charge in [0.1, 0.15) is 5.70 Å². The number of hydrogen-bond acceptors (Lipinski definition) is 6. The second-order valence-corrected chi connectivity index (χ2v) is 5.26. The fourth-order valence-electron chi connectivity index (χ4n) is 2.42. The fourth-order valence-corrected chi connectivity index (χ4v) is 2.42. The predicted octanol–water partition coefficient (Wildman–Crippen LogP) is 2.08. The molecule has 0 amide bonds. The van der Waals surface area contributed by atoms with Crippen LogP contribution < -0.4 is 4.90 Å². The number of carboxylic acid groups (broad SMARTS) is 1. The molecule has 142 valence electrons. The monoisotopic (exact) mass is 379 g/mol. The lowest BCUT2D eigenvalue weighted by atomic mass is 10.1. The minimum Gasteiger partial charge on any atom is -0.481 e. The van der Waals surface area contributed by atoms with Crippen LogP contribution in [0.1, 0.15) is 5.56 Å². The number of methoxy groups -OCH3 is 2. The standard InChI is InChI=1S/C18H15F2NO6/c1-26-17(24)11-5-3-4-8-21(16(11)18(25)27-2)12-7-6-10(9-13(22)23)14(19)15(12)20/h3-8H,9H2,1-2H3,(H,22,23). The van der Waals surface area contributed by atoms with Crippen molar-refractivity contribution in [3.05, 3.63) is 65.0 Å². The van der Waals surface area contributed by atoms with Crippen molar-refractivity contribution >= 4 is 23.6 Å². The first kappa shape index (κ1) is 19.8. The average Bonchev–Trinajstić information content (AvgIpc) is 2.87. The molecular weight excluding hydrogens is 364 g/mol. The summed E-state index contributed by atoms with van der Waals surface area (Å²) in [6, 6.07) is 2.19. The van der Waals surface area contributed by atoms with E-state index in [0.717, 1.165) is 31.3 Å². The van der Waals surface area contributed by atoms with Crippen molar-refractivity contribution < 1.29 is 37.7 Å². The second-order valence-electron chi connectivity index (χ2n) is 5.26. The van der Waals surface area contributed by atoms with Crippen LogP contribution in [0.2, 0.25) is 0 Å². The minimum atomic E-state index is -1.38. The van der Waals surface area contributed by atoms with E-state index in [-0.39, 0.29) is 11.1 Å². The average molecular weight is 379 g/mol. The quantitative estimate of drug-likeness (QED) is 0.783. The first-order chi connectivity index (χ1) is 12.8. The Morgan fingerprint density at radius 3 is 2.30 bits per heavy atom. The van der Waals surface area contributed by atoms with Gasteiger partial charge in [-0.25, -0.2) is 18.4 Å². The number of anilines is 1. The molecular formula is C18H15F2NO6. The van der Waals surface area contributed by atoms with Crippen LogP contribution in [0.5, 0.6) is 0 Å². The Morgan fingerprint density at radius 2 is 1.70 bits per heavy atom. The van der Waals surface area contributed by atoms with Crippen LogP contribution in [-0.2, 0) is 30.3 Å². The number of esters is 2. The van der Waals surface area contributed by atoms with Crippen LogP contribution in [0, 0.1) is 11.6 Å². The molecule has 27 heavy (non-hydrogen) atoms. The molecule has 0 atom stereocenters. The lowest BCUT2D eigenvalue weighted by molar-refractivity contribution is -0.139. The number of benzene rings is 1. The van der Waals surface area contributed by atoms with Crippen molar-refractivity contribution in [2.75, 3.05) is 19.1 Å². The Kier molecular flexibility index (Phi) is 6.07. The summed E-state index contributed by atoms with van der Waals surface area (Å²) in [5, 5.41) is 8.77. The number of ether oxygens (including phenoxy) is 2. The predicted molar refractivity (Wildman–Crippen MR) is 89.5 cm³/mol. The molecule has 0 saturated heterocycles. The normalized spacial score (nSPS) is 13.4. The fraction of sp³-hybridized carbons (Fsp3) is 0.167. The molecule has 0 unspecified atom stereocenters. The zero-order valence-corrected chi connectivity index (χ0v) is 14.4. The van der Waals surface area contributed by atoms with Gasteiger partial charge in [-0.15, -0.1) is 0 Å². The van der Waals surface area contributed by atoms with E-state index in [1.54, 1.807) is 0 Å². The Bertz CT molecular complexity index is 888. The molecule has 0 aromatic heterocycles. The summed E-state index contributed by atoms with van der Waals surface area (Å²) in [6.07, 6.45) is 4.58. The van der Waals surface area contributed by atoms with Crippen molar-refractivity contribution in [1.29, 1.82) is 0 Å². The highest BCUT2D eigenvalue weighted by atomic mass is 19.2. The maximum Gasteiger partial charge on any atom is 0.355 e. The molecule has 0 aliphatic carbocycles. The van der Waals surface area contributed by atoms with Gasteiger partial charge in [0.15, 0.2) is 11.6 Å². The highest BCUT2D eigenvalue weighted by Gasteiger charge is 2.30. The van der Waals surface area contributed by atoms with E-state index >= 15 is 0 Å². The van der Waals surface area contributed by atoms with Crippen LogP contribution >= 0.6 is 0 Å². The van der Waals surface area contributed by atoms with Crippen LogP contribution in [0.15, 0.2) is 47.8 Å². The van der Waals surface area contributed by atoms with Crippen molar-refractivity contribution in [3.8, 4) is 0 Å². The Morgan fingerprint density at radius 1 is 1.04 bits per heavy atom. The van der Waals surface area contributed by atoms with Gasteiger partial charge in [0.25, 0.3) is 0 Å². The number of allylic oxidation sites excluding steroid dienone is 2. The number of carbonyl (C=O) groups excluding carboxylic acids is 2. The lowest BCUT2D eigenvalue weighted by Crippen LogP contribution is -2.28. The summed E-state index contributed by atoms with van der Waals surface area (Å²) < 4.78 is 38.2. The molecule has 0 bridgehead atoms. The molecule has 1 heterocycles. The highest BCUT2D eigenvalue weighted by Crippen LogP contribution is 2.31. The van der Waals surface area contributed by atoms with Crippen molar-refractivity contribution in [1.82, 2.24) is 0 Å². The van der Waals surface area contributed by atoms with E-state index in [9.17, 15) is 23.2 Å². The molecule has 0 radical (unpaired) electrons. The third-order valence-electron chi connectivity index (χ3n) is 3.63. The molecule has 0 fully saturated rings. The van der Waals surface area contributed by atoms with Gasteiger partial charge < -0.3 is 19.5 Å². The molecule has 7 nitrogen and oxygen atoms in total. The summed E-state index contributed by atoms with van der Waals surface area (Å²) in [6.45, 7) is 0. The van der Waals surface area contributed by atoms with Crippen LogP contribution in [0.3, 0.4) is 0 Å². The van der Waals surface area contributed by atoms with Gasteiger partial charge in [0, 0.05) is 11.8 Å². The van der Waals surface area contributed by atoms with E-state index in [0.29, 0.717) is 0 Å². The highest BCUT2D eigenvalue weighted by molar-refractivity contribution is 6.05. The zero-order chi connectivity index (χ0) is 20.1. The topological polar surface area (TPSA) is 93.1 Å². The smallest absolute Gasteiger partial charge is 0.355 e. The van der Waals surface area contributed by atoms with Crippen LogP contribution in [-0.4, -0.2) is 37.2 Å². The Labute approximate surface area is 152 Å². The number of carboxylic acids is 1. The number of hydrogen-bond donors (Lipinski definition) is 1. The number of carbonyl (C=O) groups is 3. The van der Waals surface area contributed by atoms with Gasteiger partial charge in [-0.3, -0.25) is 4.79 Å². The van der Waals surface area contributed by atoms with Gasteiger partial charge in [-0.2, -0.15) is 0 Å².